The monoisotopic (exact) mass is 2050 g/mol. The van der Waals surface area contributed by atoms with Gasteiger partial charge in [0.1, 0.15) is 17.2 Å². The molecule has 0 amide bonds. The molecule has 0 bridgehead atoms. The first-order valence-electron chi connectivity index (χ1n) is 37.4. The van der Waals surface area contributed by atoms with E-state index < -0.39 is 102 Å². The quantitative estimate of drug-likeness (QED) is 0.0127. The predicted octanol–water partition coefficient (Wildman–Crippen LogP) is 25.2. The second-order valence-electron chi connectivity index (χ2n) is 27.3. The maximum Gasteiger partial charge on any atom is 0.518 e. The molecule has 0 aromatic heterocycles. The lowest BCUT2D eigenvalue weighted by Gasteiger charge is -2.09. The van der Waals surface area contributed by atoms with E-state index in [0.29, 0.717) is 20.8 Å². The molecule has 0 fully saturated rings. The van der Waals surface area contributed by atoms with Crippen LogP contribution in [0.5, 0.6) is 17.2 Å². The van der Waals surface area contributed by atoms with Crippen LogP contribution >= 0.6 is 0 Å². The van der Waals surface area contributed by atoms with Crippen LogP contribution in [-0.2, 0) is 63.0 Å². The minimum Gasteiger partial charge on any atom is -0.861 e. The van der Waals surface area contributed by atoms with Gasteiger partial charge in [0.15, 0.2) is 0 Å². The summed E-state index contributed by atoms with van der Waals surface area (Å²) >= 11 is 0. The normalized spacial score (nSPS) is 11.1. The third-order valence-electron chi connectivity index (χ3n) is 13.4. The highest BCUT2D eigenvalue weighted by molar-refractivity contribution is 7.92. The lowest BCUT2D eigenvalue weighted by molar-refractivity contribution is -0.218. The Kier molecular flexibility index (Phi) is 122. The largest absolute Gasteiger partial charge is 0.861 e. The predicted molar refractivity (Wildman–Crippen MR) is 535 cm³/mol. The molecular formula is C94H171F12N5O18S5-10. The summed E-state index contributed by atoms with van der Waals surface area (Å²) in [7, 11) is -26.0. The average Bonchev–Trinajstić information content (AvgIpc) is 0.860. The maximum atomic E-state index is 11.6. The van der Waals surface area contributed by atoms with Crippen molar-refractivity contribution in [2.24, 2.45) is 51.6 Å². The van der Waals surface area contributed by atoms with Crippen molar-refractivity contribution in [2.45, 2.75) is 303 Å². The number of rotatable bonds is 32. The molecule has 23 nitrogen and oxygen atoms in total. The number of sulfonamides is 5. The number of halogens is 12. The Hall–Kier alpha value is -8.24. The fourth-order valence-electron chi connectivity index (χ4n) is 7.66. The number of alkyl halides is 12. The first-order valence-corrected chi connectivity index (χ1v) is 45.0. The van der Waals surface area contributed by atoms with Gasteiger partial charge in [-0.25, -0.2) is 8.42 Å². The van der Waals surface area contributed by atoms with Crippen LogP contribution in [0, 0.1) is 66.7 Å². The third-order valence-corrected chi connectivity index (χ3v) is 18.3. The van der Waals surface area contributed by atoms with Crippen LogP contribution in [0.15, 0.2) is 174 Å². The van der Waals surface area contributed by atoms with Gasteiger partial charge in [-0.05, 0) is 198 Å². The van der Waals surface area contributed by atoms with E-state index >= 15 is 0 Å². The van der Waals surface area contributed by atoms with E-state index in [4.69, 9.17) is 14.2 Å². The summed E-state index contributed by atoms with van der Waals surface area (Å²) in [5.74, 6) is 0.922. The van der Waals surface area contributed by atoms with Gasteiger partial charge in [-0.3, -0.25) is 0 Å². The van der Waals surface area contributed by atoms with Crippen molar-refractivity contribution >= 4 is 79.6 Å². The fraction of sp³-hybridized carbons (Fsp3) is 0.574. The molecule has 5 rings (SSSR count). The maximum absolute atomic E-state index is 11.6. The van der Waals surface area contributed by atoms with E-state index in [0.717, 1.165) is 85.8 Å². The molecule has 134 heavy (non-hydrogen) atoms. The Labute approximate surface area is 807 Å². The van der Waals surface area contributed by atoms with E-state index in [9.17, 15) is 120 Å². The Morgan fingerprint density at radius 3 is 0.709 bits per heavy atom. The first-order chi connectivity index (χ1) is 54.6. The third kappa shape index (κ3) is 107. The number of hydrogen-bond acceptors (Lipinski definition) is 18. The van der Waals surface area contributed by atoms with Gasteiger partial charge in [-0.1, -0.05) is 305 Å². The van der Waals surface area contributed by atoms with Crippen LogP contribution in [0.25, 0.3) is 0 Å². The molecule has 0 spiro atoms. The van der Waals surface area contributed by atoms with Gasteiger partial charge in [0.25, 0.3) is 0 Å². The highest BCUT2D eigenvalue weighted by Crippen LogP contribution is 2.28. The lowest BCUT2D eigenvalue weighted by Crippen LogP contribution is -2.26. The number of aryl methyl sites for hydroxylation is 2. The van der Waals surface area contributed by atoms with Crippen LogP contribution in [0.4, 0.5) is 52.7 Å². The van der Waals surface area contributed by atoms with Crippen molar-refractivity contribution in [3.05, 3.63) is 200 Å². The molecule has 0 aliphatic rings. The van der Waals surface area contributed by atoms with Crippen LogP contribution in [-0.4, -0.2) is 120 Å². The summed E-state index contributed by atoms with van der Waals surface area (Å²) in [4.78, 5) is 0. The van der Waals surface area contributed by atoms with Gasteiger partial charge in [-0.2, -0.15) is 108 Å². The fourth-order valence-corrected chi connectivity index (χ4v) is 9.94. The highest BCUT2D eigenvalue weighted by Gasteiger charge is 2.48. The van der Waals surface area contributed by atoms with Crippen LogP contribution in [0.1, 0.15) is 279 Å². The van der Waals surface area contributed by atoms with Gasteiger partial charge in [-0.15, -0.1) is 0 Å². The zero-order chi connectivity index (χ0) is 92.9. The summed E-state index contributed by atoms with van der Waals surface area (Å²) in [6.07, 6.45) is 17.2. The average molecular weight is 2050 g/mol. The molecule has 0 radical (unpaired) electrons. The minimum atomic E-state index is -5.64. The van der Waals surface area contributed by atoms with Gasteiger partial charge in [0.2, 0.25) is 10.0 Å². The van der Waals surface area contributed by atoms with Crippen LogP contribution in [0.2, 0.25) is 0 Å². The summed E-state index contributed by atoms with van der Waals surface area (Å²) in [6, 6.07) is 51.4. The zero-order valence-electron chi connectivity index (χ0n) is 74.9. The van der Waals surface area contributed by atoms with E-state index in [1.165, 1.54) is 88.7 Å². The Morgan fingerprint density at radius 1 is 0.306 bits per heavy atom. The number of ether oxygens (including phenoxy) is 3. The van der Waals surface area contributed by atoms with Crippen molar-refractivity contribution in [3.8, 4) is 17.2 Å². The van der Waals surface area contributed by atoms with Crippen LogP contribution < -0.4 is 39.7 Å². The molecule has 0 N–H and O–H groups in total. The number of benzene rings is 5. The van der Waals surface area contributed by atoms with Gasteiger partial charge >= 0.3 is 62.1 Å². The van der Waals surface area contributed by atoms with Crippen molar-refractivity contribution in [1.82, 2.24) is 0 Å². The van der Waals surface area contributed by atoms with E-state index in [1.54, 1.807) is 6.92 Å². The number of nitrogens with zero attached hydrogens (tertiary/aromatic N) is 5. The number of unbranched alkanes of at least 4 members (excludes halogenated alkanes) is 3. The Morgan fingerprint density at radius 2 is 0.515 bits per heavy atom. The molecular weight excluding hydrogens is 1880 g/mol. The lowest BCUT2D eigenvalue weighted by atomic mass is 10.0. The van der Waals surface area contributed by atoms with E-state index in [2.05, 4.69) is 139 Å². The Balaban J connectivity index is -0.0000000593. The highest BCUT2D eigenvalue weighted by atomic mass is 32.2. The van der Waals surface area contributed by atoms with Crippen LogP contribution in [0.3, 0.4) is 0 Å². The molecule has 40 heteroatoms. The molecule has 0 heterocycles. The number of hydrogen-bond donors (Lipinski definition) is 0. The molecule has 0 aliphatic carbocycles. The second kappa shape index (κ2) is 93.8. The molecule has 804 valence electrons. The second-order valence-corrected chi connectivity index (χ2v) is 35.3. The van der Waals surface area contributed by atoms with E-state index in [1.807, 2.05) is 104 Å². The van der Waals surface area contributed by atoms with Crippen molar-refractivity contribution in [2.75, 3.05) is 26.1 Å². The summed E-state index contributed by atoms with van der Waals surface area (Å²) in [5, 5.41) is 50.3. The van der Waals surface area contributed by atoms with Gasteiger partial charge in [0, 0.05) is 0 Å². The minimum absolute atomic E-state index is 0. The molecule has 5 aromatic carbocycles. The van der Waals surface area contributed by atoms with Crippen molar-refractivity contribution < 1.29 is 135 Å². The summed E-state index contributed by atoms with van der Waals surface area (Å²) < 4.78 is 265. The number of para-hydroxylation sites is 3. The van der Waals surface area contributed by atoms with Crippen molar-refractivity contribution in [3.63, 3.8) is 0 Å². The Bertz CT molecular complexity index is 4000. The molecule has 0 aliphatic heterocycles. The SMILES string of the molecule is C.C.C.C.C.C.C.C.C.C.CC(C)CCCCCOc1ccccc1.CC(C)CCCCOc1ccccc1.CC(C)CCCOc1ccccc1.CC(C)CCc1ccccc1.CC(C)CCc1ccccc1.CC([O-])=NS(=O)(=O)C(F)(F)F.CC([O-])=NS(=O)(=O)C(F)(F)F.CC([O-])=NS(=O)(=O)C(F)(F)F.CCC([O-])=NS(C)(=O)=O.CCCC([O-])=NS(=O)(=O)C(F)(F)F.[CH3-].[CH3-].[CH3-].[CH3-].[CH3-]. The topological polar surface area (TPSA) is 375 Å². The standard InChI is InChI=1S/C14H22O.C13H20O.C12H18O.2C11H16.C5H8F3NO3S.C4H9NO3S.3C3H4F3NO3S.10CH4.5CH3/c1-13(2)9-5-4-8-12-15-14-10-6-3-7-11-14;1-12(2)8-6-7-11-14-13-9-4-3-5-10-13;1-11(2)7-6-10-13-12-8-4-3-5-9-12;2*1-10(2)8-9-11-6-4-3-5-7-11;1-2-3-4(10)9-13(11,12)5(6,7)8;1-3-4(6)5-9(2,7)8;3*1-2(8)7-11(9,10)3(4,5)6;;;;;;;;;;;;;;;/h3,6-7,10-11,13H,4-5,8-9,12H2,1-2H3;3-5,9-10,12H,6-8,11H2,1-2H3;3-5,8-9,11H,6-7,10H2,1-2H3;2*3-7,10H,8-9H2,1-2H3;2-3H2,1H3,(H,9,10);3H2,1-2H3,(H,5,6);3*1H3,(H,7,8);10*1H4;5*1H3/q;;;;;;;;;;;;;;;;;;;;5*-1/p-5. The molecule has 0 unspecified atom stereocenters. The van der Waals surface area contributed by atoms with Crippen molar-refractivity contribution in [1.29, 1.82) is 0 Å². The summed E-state index contributed by atoms with van der Waals surface area (Å²) in [6.45, 7) is 30.1. The molecule has 0 saturated carbocycles. The van der Waals surface area contributed by atoms with Gasteiger partial charge in [0.05, 0.1) is 26.1 Å². The molecule has 0 atom stereocenters. The van der Waals surface area contributed by atoms with E-state index in [-0.39, 0.29) is 131 Å². The molecule has 0 saturated heterocycles. The molecule has 5 aromatic rings. The summed E-state index contributed by atoms with van der Waals surface area (Å²) in [5.41, 5.74) is -19.0. The smallest absolute Gasteiger partial charge is 0.518 e. The zero-order valence-corrected chi connectivity index (χ0v) is 79.0. The van der Waals surface area contributed by atoms with Gasteiger partial charge < -0.3 is 76.9 Å². The first kappa shape index (κ1) is 175.